The maximum Gasteiger partial charge on any atom is 0.121 e. The van der Waals surface area contributed by atoms with Crippen LogP contribution < -0.4 is 10.1 Å². The van der Waals surface area contributed by atoms with Crippen LogP contribution in [0.5, 0.6) is 11.5 Å². The molecule has 1 unspecified atom stereocenters. The minimum Gasteiger partial charge on any atom is -0.508 e. The number of phenolic OH excluding ortho intramolecular Hbond substituents is 1. The Hall–Kier alpha value is -2.16. The van der Waals surface area contributed by atoms with Gasteiger partial charge in [0.15, 0.2) is 0 Å². The number of nitrogens with one attached hydrogen (secondary N) is 1. The van der Waals surface area contributed by atoms with Crippen LogP contribution in [-0.4, -0.2) is 12.2 Å². The van der Waals surface area contributed by atoms with Crippen LogP contribution >= 0.6 is 0 Å². The molecule has 3 nitrogen and oxygen atoms in total. The fraction of sp³-hybridized carbons (Fsp3) is 0.294. The summed E-state index contributed by atoms with van der Waals surface area (Å²) in [5.74, 6) is 1.01. The van der Waals surface area contributed by atoms with Gasteiger partial charge < -0.3 is 15.2 Å². The molecule has 1 atom stereocenters. The van der Waals surface area contributed by atoms with E-state index >= 15 is 0 Å². The number of aromatic hydroxyl groups is 1. The third-order valence-electron chi connectivity index (χ3n) is 3.59. The number of anilines is 1. The largest absolute Gasteiger partial charge is 0.508 e. The molecule has 0 heterocycles. The fourth-order valence-electron chi connectivity index (χ4n) is 2.17. The summed E-state index contributed by atoms with van der Waals surface area (Å²) in [7, 11) is 1.62. The van der Waals surface area contributed by atoms with Crippen molar-refractivity contribution >= 4 is 5.69 Å². The molecule has 0 bridgehead atoms. The van der Waals surface area contributed by atoms with Crippen LogP contribution in [0.4, 0.5) is 5.69 Å². The van der Waals surface area contributed by atoms with E-state index in [4.69, 9.17) is 4.74 Å². The van der Waals surface area contributed by atoms with Crippen molar-refractivity contribution in [1.82, 2.24) is 0 Å². The summed E-state index contributed by atoms with van der Waals surface area (Å²) in [4.78, 5) is 0. The van der Waals surface area contributed by atoms with E-state index in [-0.39, 0.29) is 11.8 Å². The molecule has 2 N–H and O–H groups in total. The molecule has 0 aliphatic heterocycles. The third kappa shape index (κ3) is 3.05. The SMILES string of the molecule is COc1ccc(O)c(C(C)Nc2ccc(C)c(C)c2)c1. The van der Waals surface area contributed by atoms with Gasteiger partial charge in [0.25, 0.3) is 0 Å². The topological polar surface area (TPSA) is 41.5 Å². The molecule has 20 heavy (non-hydrogen) atoms. The molecule has 0 radical (unpaired) electrons. The lowest BCUT2D eigenvalue weighted by Gasteiger charge is -2.18. The van der Waals surface area contributed by atoms with Gasteiger partial charge in [-0.2, -0.15) is 0 Å². The molecule has 0 spiro atoms. The van der Waals surface area contributed by atoms with Crippen LogP contribution in [0.3, 0.4) is 0 Å². The second kappa shape index (κ2) is 5.87. The Balaban J connectivity index is 2.23. The van der Waals surface area contributed by atoms with E-state index in [2.05, 4.69) is 37.4 Å². The van der Waals surface area contributed by atoms with Crippen LogP contribution in [0.25, 0.3) is 0 Å². The van der Waals surface area contributed by atoms with Crippen LogP contribution in [0.1, 0.15) is 29.7 Å². The van der Waals surface area contributed by atoms with Crippen molar-refractivity contribution in [2.75, 3.05) is 12.4 Å². The van der Waals surface area contributed by atoms with Crippen molar-refractivity contribution in [1.29, 1.82) is 0 Å². The maximum absolute atomic E-state index is 9.98. The molecule has 0 amide bonds. The van der Waals surface area contributed by atoms with E-state index in [1.54, 1.807) is 19.2 Å². The van der Waals surface area contributed by atoms with E-state index in [1.165, 1.54) is 11.1 Å². The molecule has 0 saturated heterocycles. The number of aryl methyl sites for hydroxylation is 2. The van der Waals surface area contributed by atoms with Gasteiger partial charge in [-0.15, -0.1) is 0 Å². The van der Waals surface area contributed by atoms with Crippen molar-refractivity contribution in [2.24, 2.45) is 0 Å². The highest BCUT2D eigenvalue weighted by Gasteiger charge is 2.12. The Morgan fingerprint density at radius 1 is 1.05 bits per heavy atom. The smallest absolute Gasteiger partial charge is 0.121 e. The van der Waals surface area contributed by atoms with E-state index in [0.717, 1.165) is 17.0 Å². The summed E-state index contributed by atoms with van der Waals surface area (Å²) in [6.07, 6.45) is 0. The van der Waals surface area contributed by atoms with Crippen LogP contribution in [0, 0.1) is 13.8 Å². The van der Waals surface area contributed by atoms with Gasteiger partial charge in [0.2, 0.25) is 0 Å². The number of methoxy groups -OCH3 is 1. The molecule has 0 fully saturated rings. The predicted molar refractivity (Wildman–Crippen MR) is 82.6 cm³/mol. The summed E-state index contributed by atoms with van der Waals surface area (Å²) in [6, 6.07) is 11.5. The zero-order chi connectivity index (χ0) is 14.7. The quantitative estimate of drug-likeness (QED) is 0.876. The number of hydrogen-bond acceptors (Lipinski definition) is 3. The van der Waals surface area contributed by atoms with Gasteiger partial charge in [-0.3, -0.25) is 0 Å². The van der Waals surface area contributed by atoms with Crippen molar-refractivity contribution in [3.8, 4) is 11.5 Å². The Morgan fingerprint density at radius 3 is 2.45 bits per heavy atom. The Labute approximate surface area is 120 Å². The van der Waals surface area contributed by atoms with Crippen molar-refractivity contribution in [2.45, 2.75) is 26.8 Å². The Kier molecular flexibility index (Phi) is 4.18. The van der Waals surface area contributed by atoms with E-state index in [0.29, 0.717) is 0 Å². The summed E-state index contributed by atoms with van der Waals surface area (Å²) in [5.41, 5.74) is 4.38. The van der Waals surface area contributed by atoms with E-state index in [9.17, 15) is 5.11 Å². The number of phenols is 1. The molecular formula is C17H21NO2. The highest BCUT2D eigenvalue weighted by molar-refractivity contribution is 5.51. The molecular weight excluding hydrogens is 250 g/mol. The van der Waals surface area contributed by atoms with Crippen molar-refractivity contribution < 1.29 is 9.84 Å². The first kappa shape index (κ1) is 14.3. The lowest BCUT2D eigenvalue weighted by Crippen LogP contribution is -2.07. The first-order chi connectivity index (χ1) is 9.51. The number of ether oxygens (including phenoxy) is 1. The van der Waals surface area contributed by atoms with Gasteiger partial charge >= 0.3 is 0 Å². The zero-order valence-electron chi connectivity index (χ0n) is 12.4. The molecule has 0 aliphatic rings. The van der Waals surface area contributed by atoms with Gasteiger partial charge in [0.1, 0.15) is 11.5 Å². The molecule has 0 aromatic heterocycles. The highest BCUT2D eigenvalue weighted by Crippen LogP contribution is 2.30. The lowest BCUT2D eigenvalue weighted by molar-refractivity contribution is 0.410. The standard InChI is InChI=1S/C17H21NO2/c1-11-5-6-14(9-12(11)2)18-13(3)16-10-15(20-4)7-8-17(16)19/h5-10,13,18-19H,1-4H3. The predicted octanol–water partition coefficient (Wildman–Crippen LogP) is 4.19. The van der Waals surface area contributed by atoms with E-state index < -0.39 is 0 Å². The summed E-state index contributed by atoms with van der Waals surface area (Å²) in [5, 5.41) is 13.4. The molecule has 2 rings (SSSR count). The average molecular weight is 271 g/mol. The molecule has 2 aromatic carbocycles. The first-order valence-electron chi connectivity index (χ1n) is 6.72. The molecule has 106 valence electrons. The molecule has 3 heteroatoms. The van der Waals surface area contributed by atoms with Gasteiger partial charge in [0, 0.05) is 11.3 Å². The van der Waals surface area contributed by atoms with Gasteiger partial charge in [-0.05, 0) is 62.2 Å². The second-order valence-corrected chi connectivity index (χ2v) is 5.09. The summed E-state index contributed by atoms with van der Waals surface area (Å²) in [6.45, 7) is 6.20. The van der Waals surface area contributed by atoms with Gasteiger partial charge in [-0.25, -0.2) is 0 Å². The Bertz CT molecular complexity index is 608. The van der Waals surface area contributed by atoms with Crippen molar-refractivity contribution in [3.63, 3.8) is 0 Å². The lowest BCUT2D eigenvalue weighted by atomic mass is 10.1. The molecule has 0 aliphatic carbocycles. The van der Waals surface area contributed by atoms with Gasteiger partial charge in [-0.1, -0.05) is 6.07 Å². The van der Waals surface area contributed by atoms with Crippen LogP contribution in [0.2, 0.25) is 0 Å². The zero-order valence-corrected chi connectivity index (χ0v) is 12.4. The molecule has 2 aromatic rings. The third-order valence-corrected chi connectivity index (χ3v) is 3.59. The second-order valence-electron chi connectivity index (χ2n) is 5.09. The maximum atomic E-state index is 9.98. The van der Waals surface area contributed by atoms with Crippen LogP contribution in [0.15, 0.2) is 36.4 Å². The number of benzene rings is 2. The van der Waals surface area contributed by atoms with E-state index in [1.807, 2.05) is 13.0 Å². The monoisotopic (exact) mass is 271 g/mol. The summed E-state index contributed by atoms with van der Waals surface area (Å²) < 4.78 is 5.21. The average Bonchev–Trinajstić information content (AvgIpc) is 2.43. The molecule has 0 saturated carbocycles. The van der Waals surface area contributed by atoms with Gasteiger partial charge in [0.05, 0.1) is 13.2 Å². The Morgan fingerprint density at radius 2 is 1.80 bits per heavy atom. The minimum atomic E-state index is -0.00722. The fourth-order valence-corrected chi connectivity index (χ4v) is 2.17. The normalized spacial score (nSPS) is 12.0. The van der Waals surface area contributed by atoms with Crippen LogP contribution in [-0.2, 0) is 0 Å². The minimum absolute atomic E-state index is 0.00722. The first-order valence-corrected chi connectivity index (χ1v) is 6.72. The van der Waals surface area contributed by atoms with Crippen molar-refractivity contribution in [3.05, 3.63) is 53.1 Å². The number of hydrogen-bond donors (Lipinski definition) is 2. The number of rotatable bonds is 4. The summed E-state index contributed by atoms with van der Waals surface area (Å²) >= 11 is 0. The highest BCUT2D eigenvalue weighted by atomic mass is 16.5.